The molecule has 0 aliphatic heterocycles. The normalized spacial score (nSPS) is 15.3. The van der Waals surface area contributed by atoms with Crippen LogP contribution in [0.25, 0.3) is 0 Å². The van der Waals surface area contributed by atoms with E-state index in [0.29, 0.717) is 19.5 Å². The lowest BCUT2D eigenvalue weighted by molar-refractivity contribution is -0.140. The monoisotopic (exact) mass is 203 g/mol. The number of esters is 1. The van der Waals surface area contributed by atoms with Crippen LogP contribution >= 0.6 is 0 Å². The van der Waals surface area contributed by atoms with Gasteiger partial charge in [-0.25, -0.2) is 0 Å². The van der Waals surface area contributed by atoms with E-state index in [9.17, 15) is 9.90 Å². The summed E-state index contributed by atoms with van der Waals surface area (Å²) in [6.45, 7) is 6.73. The van der Waals surface area contributed by atoms with Crippen molar-refractivity contribution < 1.29 is 14.6 Å². The van der Waals surface area contributed by atoms with Gasteiger partial charge in [0.25, 0.3) is 0 Å². The highest BCUT2D eigenvalue weighted by Crippen LogP contribution is 2.14. The first kappa shape index (κ1) is 13.4. The maximum Gasteiger partial charge on any atom is 0.306 e. The van der Waals surface area contributed by atoms with E-state index in [4.69, 9.17) is 0 Å². The zero-order chi connectivity index (χ0) is 11.2. The summed E-state index contributed by atoms with van der Waals surface area (Å²) in [4.78, 5) is 10.7. The Morgan fingerprint density at radius 2 is 2.14 bits per heavy atom. The Morgan fingerprint density at radius 1 is 1.57 bits per heavy atom. The molecular formula is C10H21NO3. The van der Waals surface area contributed by atoms with E-state index in [-0.39, 0.29) is 11.9 Å². The minimum Gasteiger partial charge on any atom is -0.469 e. The first-order valence-corrected chi connectivity index (χ1v) is 4.90. The van der Waals surface area contributed by atoms with Crippen LogP contribution in [0.4, 0.5) is 0 Å². The predicted octanol–water partition coefficient (Wildman–Crippen LogP) is 0.546. The van der Waals surface area contributed by atoms with Crippen LogP contribution in [0.5, 0.6) is 0 Å². The second-order valence-corrected chi connectivity index (χ2v) is 4.01. The van der Waals surface area contributed by atoms with Crippen molar-refractivity contribution in [2.75, 3.05) is 20.2 Å². The first-order valence-electron chi connectivity index (χ1n) is 4.90. The maximum atomic E-state index is 10.7. The number of aliphatic hydroxyl groups is 1. The molecule has 1 atom stereocenters. The van der Waals surface area contributed by atoms with E-state index >= 15 is 0 Å². The number of hydrogen-bond donors (Lipinski definition) is 2. The SMILES string of the molecule is COC(=O)CCNCC(C)(O)C(C)C. The Bertz CT molecular complexity index is 178. The van der Waals surface area contributed by atoms with Gasteiger partial charge in [-0.2, -0.15) is 0 Å². The van der Waals surface area contributed by atoms with Crippen LogP contribution < -0.4 is 5.32 Å². The maximum absolute atomic E-state index is 10.7. The minimum atomic E-state index is -0.726. The molecule has 2 N–H and O–H groups in total. The fourth-order valence-electron chi connectivity index (χ4n) is 0.838. The molecule has 0 aliphatic rings. The van der Waals surface area contributed by atoms with Crippen LogP contribution in [0.3, 0.4) is 0 Å². The van der Waals surface area contributed by atoms with Crippen LogP contribution in [-0.4, -0.2) is 36.9 Å². The second-order valence-electron chi connectivity index (χ2n) is 4.01. The number of carbonyl (C=O) groups excluding carboxylic acids is 1. The molecule has 0 radical (unpaired) electrons. The molecule has 84 valence electrons. The highest BCUT2D eigenvalue weighted by Gasteiger charge is 2.23. The standard InChI is InChI=1S/C10H21NO3/c1-8(2)10(3,13)7-11-6-5-9(12)14-4/h8,11,13H,5-7H2,1-4H3. The number of ether oxygens (including phenoxy) is 1. The third kappa shape index (κ3) is 5.19. The highest BCUT2D eigenvalue weighted by molar-refractivity contribution is 5.69. The predicted molar refractivity (Wildman–Crippen MR) is 55.0 cm³/mol. The summed E-state index contributed by atoms with van der Waals surface area (Å²) in [6.07, 6.45) is 0.338. The molecule has 0 aromatic carbocycles. The number of methoxy groups -OCH3 is 1. The van der Waals surface area contributed by atoms with Gasteiger partial charge in [0.2, 0.25) is 0 Å². The molecule has 0 saturated heterocycles. The molecule has 0 aromatic rings. The summed E-state index contributed by atoms with van der Waals surface area (Å²) in [5, 5.41) is 12.9. The topological polar surface area (TPSA) is 58.6 Å². The zero-order valence-corrected chi connectivity index (χ0v) is 9.46. The van der Waals surface area contributed by atoms with E-state index in [2.05, 4.69) is 10.1 Å². The van der Waals surface area contributed by atoms with E-state index in [1.165, 1.54) is 7.11 Å². The van der Waals surface area contributed by atoms with Crippen molar-refractivity contribution in [1.29, 1.82) is 0 Å². The number of nitrogens with one attached hydrogen (secondary N) is 1. The quantitative estimate of drug-likeness (QED) is 0.489. The van der Waals surface area contributed by atoms with Crippen LogP contribution in [0.15, 0.2) is 0 Å². The molecule has 0 aromatic heterocycles. The highest BCUT2D eigenvalue weighted by atomic mass is 16.5. The van der Waals surface area contributed by atoms with Gasteiger partial charge in [-0.15, -0.1) is 0 Å². The fraction of sp³-hybridized carbons (Fsp3) is 0.900. The second kappa shape index (κ2) is 5.98. The summed E-state index contributed by atoms with van der Waals surface area (Å²) < 4.78 is 4.49. The van der Waals surface area contributed by atoms with E-state index in [1.54, 1.807) is 6.92 Å². The van der Waals surface area contributed by atoms with Crippen molar-refractivity contribution >= 4 is 5.97 Å². The van der Waals surface area contributed by atoms with Gasteiger partial charge in [-0.3, -0.25) is 4.79 Å². The van der Waals surface area contributed by atoms with E-state index in [1.807, 2.05) is 13.8 Å². The molecule has 0 fully saturated rings. The number of carbonyl (C=O) groups is 1. The average Bonchev–Trinajstić information content (AvgIpc) is 2.11. The Morgan fingerprint density at radius 3 is 2.57 bits per heavy atom. The number of hydrogen-bond acceptors (Lipinski definition) is 4. The van der Waals surface area contributed by atoms with Crippen molar-refractivity contribution in [2.45, 2.75) is 32.8 Å². The number of rotatable bonds is 6. The van der Waals surface area contributed by atoms with Gasteiger partial charge >= 0.3 is 5.97 Å². The van der Waals surface area contributed by atoms with Crippen molar-refractivity contribution in [3.05, 3.63) is 0 Å². The Labute approximate surface area is 85.6 Å². The van der Waals surface area contributed by atoms with Gasteiger partial charge in [0, 0.05) is 13.1 Å². The molecule has 0 saturated carbocycles. The summed E-state index contributed by atoms with van der Waals surface area (Å²) in [5.74, 6) is -0.0465. The van der Waals surface area contributed by atoms with Crippen LogP contribution in [0.1, 0.15) is 27.2 Å². The van der Waals surface area contributed by atoms with Crippen molar-refractivity contribution in [3.63, 3.8) is 0 Å². The minimum absolute atomic E-state index is 0.188. The summed E-state index contributed by atoms with van der Waals surface area (Å²) in [6, 6.07) is 0. The smallest absolute Gasteiger partial charge is 0.306 e. The molecule has 0 aliphatic carbocycles. The molecule has 0 spiro atoms. The lowest BCUT2D eigenvalue weighted by Gasteiger charge is -2.27. The third-order valence-electron chi connectivity index (χ3n) is 2.46. The van der Waals surface area contributed by atoms with Crippen LogP contribution in [0, 0.1) is 5.92 Å². The summed E-state index contributed by atoms with van der Waals surface area (Å²) >= 11 is 0. The Hall–Kier alpha value is -0.610. The van der Waals surface area contributed by atoms with Gasteiger partial charge in [0.05, 0.1) is 19.1 Å². The molecule has 0 amide bonds. The lowest BCUT2D eigenvalue weighted by atomic mass is 9.92. The molecule has 4 nitrogen and oxygen atoms in total. The Balaban J connectivity index is 3.59. The molecule has 4 heteroatoms. The third-order valence-corrected chi connectivity index (χ3v) is 2.46. The van der Waals surface area contributed by atoms with Crippen LogP contribution in [0.2, 0.25) is 0 Å². The van der Waals surface area contributed by atoms with Crippen molar-refractivity contribution in [1.82, 2.24) is 5.32 Å². The molecular weight excluding hydrogens is 182 g/mol. The fourth-order valence-corrected chi connectivity index (χ4v) is 0.838. The largest absolute Gasteiger partial charge is 0.469 e. The van der Waals surface area contributed by atoms with E-state index < -0.39 is 5.60 Å². The molecule has 0 heterocycles. The zero-order valence-electron chi connectivity index (χ0n) is 9.46. The first-order chi connectivity index (χ1) is 6.40. The molecule has 1 unspecified atom stereocenters. The average molecular weight is 203 g/mol. The van der Waals surface area contributed by atoms with Crippen molar-refractivity contribution in [3.8, 4) is 0 Å². The Kier molecular flexibility index (Phi) is 5.72. The molecule has 14 heavy (non-hydrogen) atoms. The van der Waals surface area contributed by atoms with Gasteiger partial charge in [0.1, 0.15) is 0 Å². The lowest BCUT2D eigenvalue weighted by Crippen LogP contribution is -2.42. The van der Waals surface area contributed by atoms with E-state index in [0.717, 1.165) is 0 Å². The van der Waals surface area contributed by atoms with Gasteiger partial charge in [-0.05, 0) is 12.8 Å². The van der Waals surface area contributed by atoms with Gasteiger partial charge in [-0.1, -0.05) is 13.8 Å². The molecule has 0 bridgehead atoms. The summed E-state index contributed by atoms with van der Waals surface area (Å²) in [5.41, 5.74) is -0.726. The van der Waals surface area contributed by atoms with Gasteiger partial charge in [0.15, 0.2) is 0 Å². The van der Waals surface area contributed by atoms with Crippen molar-refractivity contribution in [2.24, 2.45) is 5.92 Å². The van der Waals surface area contributed by atoms with Gasteiger partial charge < -0.3 is 15.2 Å². The summed E-state index contributed by atoms with van der Waals surface area (Å²) in [7, 11) is 1.37. The molecule has 0 rings (SSSR count). The van der Waals surface area contributed by atoms with Crippen LogP contribution in [-0.2, 0) is 9.53 Å².